The van der Waals surface area contributed by atoms with E-state index >= 15 is 0 Å². The second-order valence-electron chi connectivity index (χ2n) is 4.70. The molecule has 1 aliphatic heterocycles. The standard InChI is InChI=1S/C15H16N4O/c20-15(13-8-9-17-19-13)18-14-7-6-12(10-16-14)11-4-2-1-3-5-11/h1-7,10,13,17,19H,8-9H2,(H,16,18,20). The molecule has 1 saturated heterocycles. The molecule has 1 fully saturated rings. The van der Waals surface area contributed by atoms with Crippen molar-refractivity contribution in [2.45, 2.75) is 12.5 Å². The summed E-state index contributed by atoms with van der Waals surface area (Å²) in [5.41, 5.74) is 8.00. The Hall–Kier alpha value is -2.24. The van der Waals surface area contributed by atoms with Gasteiger partial charge in [-0.3, -0.25) is 10.2 Å². The van der Waals surface area contributed by atoms with E-state index in [1.165, 1.54) is 0 Å². The minimum absolute atomic E-state index is 0.0602. The lowest BCUT2D eigenvalue weighted by Gasteiger charge is -2.10. The molecular weight excluding hydrogens is 252 g/mol. The van der Waals surface area contributed by atoms with Crippen LogP contribution in [0, 0.1) is 0 Å². The summed E-state index contributed by atoms with van der Waals surface area (Å²) in [6, 6.07) is 13.6. The first-order chi connectivity index (χ1) is 9.83. The third kappa shape index (κ3) is 2.84. The molecule has 1 aromatic carbocycles. The Balaban J connectivity index is 1.68. The average molecular weight is 268 g/mol. The van der Waals surface area contributed by atoms with Crippen LogP contribution in [0.4, 0.5) is 5.82 Å². The van der Waals surface area contributed by atoms with E-state index in [-0.39, 0.29) is 11.9 Å². The molecule has 1 aromatic heterocycles. The molecule has 0 saturated carbocycles. The predicted octanol–water partition coefficient (Wildman–Crippen LogP) is 1.55. The van der Waals surface area contributed by atoms with Crippen molar-refractivity contribution in [1.82, 2.24) is 15.8 Å². The molecule has 1 amide bonds. The van der Waals surface area contributed by atoms with Crippen LogP contribution in [0.15, 0.2) is 48.7 Å². The van der Waals surface area contributed by atoms with Crippen LogP contribution in [-0.2, 0) is 4.79 Å². The smallest absolute Gasteiger partial charge is 0.244 e. The molecule has 1 atom stereocenters. The highest BCUT2D eigenvalue weighted by atomic mass is 16.2. The molecule has 2 heterocycles. The quantitative estimate of drug-likeness (QED) is 0.790. The monoisotopic (exact) mass is 268 g/mol. The number of benzene rings is 1. The molecule has 102 valence electrons. The second-order valence-corrected chi connectivity index (χ2v) is 4.70. The van der Waals surface area contributed by atoms with E-state index in [4.69, 9.17) is 0 Å². The molecule has 2 aromatic rings. The van der Waals surface area contributed by atoms with Crippen molar-refractivity contribution < 1.29 is 4.79 Å². The lowest BCUT2D eigenvalue weighted by atomic mass is 10.1. The number of nitrogens with zero attached hydrogens (tertiary/aromatic N) is 1. The van der Waals surface area contributed by atoms with Gasteiger partial charge in [-0.2, -0.15) is 0 Å². The summed E-state index contributed by atoms with van der Waals surface area (Å²) < 4.78 is 0. The van der Waals surface area contributed by atoms with Gasteiger partial charge in [0.25, 0.3) is 0 Å². The first kappa shape index (κ1) is 12.8. The fourth-order valence-corrected chi connectivity index (χ4v) is 2.16. The number of aromatic nitrogens is 1. The number of hydrogen-bond donors (Lipinski definition) is 3. The lowest BCUT2D eigenvalue weighted by molar-refractivity contribution is -0.117. The summed E-state index contributed by atoms with van der Waals surface area (Å²) in [7, 11) is 0. The first-order valence-electron chi connectivity index (χ1n) is 6.64. The van der Waals surface area contributed by atoms with Crippen LogP contribution in [0.25, 0.3) is 11.1 Å². The maximum absolute atomic E-state index is 11.9. The fraction of sp³-hybridized carbons (Fsp3) is 0.200. The zero-order chi connectivity index (χ0) is 13.8. The van der Waals surface area contributed by atoms with Gasteiger partial charge in [0, 0.05) is 18.3 Å². The minimum Gasteiger partial charge on any atom is -0.309 e. The van der Waals surface area contributed by atoms with E-state index in [9.17, 15) is 4.79 Å². The van der Waals surface area contributed by atoms with Crippen LogP contribution < -0.4 is 16.2 Å². The fourth-order valence-electron chi connectivity index (χ4n) is 2.16. The summed E-state index contributed by atoms with van der Waals surface area (Å²) in [6.07, 6.45) is 2.55. The van der Waals surface area contributed by atoms with Gasteiger partial charge in [0.05, 0.1) is 0 Å². The molecule has 5 nitrogen and oxygen atoms in total. The summed E-state index contributed by atoms with van der Waals surface area (Å²) in [5.74, 6) is 0.512. The number of rotatable bonds is 3. The van der Waals surface area contributed by atoms with E-state index in [1.807, 2.05) is 42.5 Å². The Morgan fingerprint density at radius 3 is 2.65 bits per heavy atom. The number of carbonyl (C=O) groups excluding carboxylic acids is 1. The van der Waals surface area contributed by atoms with Crippen molar-refractivity contribution in [1.29, 1.82) is 0 Å². The molecule has 1 aliphatic rings. The molecule has 5 heteroatoms. The van der Waals surface area contributed by atoms with Gasteiger partial charge in [0.2, 0.25) is 5.91 Å². The zero-order valence-electron chi connectivity index (χ0n) is 11.0. The Kier molecular flexibility index (Phi) is 3.71. The van der Waals surface area contributed by atoms with Crippen molar-refractivity contribution in [2.75, 3.05) is 11.9 Å². The van der Waals surface area contributed by atoms with Crippen LogP contribution in [0.5, 0.6) is 0 Å². The van der Waals surface area contributed by atoms with Gasteiger partial charge >= 0.3 is 0 Å². The SMILES string of the molecule is O=C(Nc1ccc(-c2ccccc2)cn1)C1CCNN1. The summed E-state index contributed by atoms with van der Waals surface area (Å²) in [5, 5.41) is 2.81. The number of anilines is 1. The highest BCUT2D eigenvalue weighted by molar-refractivity contribution is 5.94. The third-order valence-electron chi connectivity index (χ3n) is 3.27. The molecule has 0 aliphatic carbocycles. The molecule has 0 radical (unpaired) electrons. The van der Waals surface area contributed by atoms with Crippen molar-refractivity contribution in [2.24, 2.45) is 0 Å². The number of amides is 1. The van der Waals surface area contributed by atoms with E-state index in [2.05, 4.69) is 21.2 Å². The molecule has 20 heavy (non-hydrogen) atoms. The van der Waals surface area contributed by atoms with Crippen molar-refractivity contribution in [3.8, 4) is 11.1 Å². The number of hydrogen-bond acceptors (Lipinski definition) is 4. The highest BCUT2D eigenvalue weighted by Gasteiger charge is 2.21. The van der Waals surface area contributed by atoms with Gasteiger partial charge in [-0.1, -0.05) is 30.3 Å². The molecular formula is C15H16N4O. The second kappa shape index (κ2) is 5.81. The number of carbonyl (C=O) groups is 1. The van der Waals surface area contributed by atoms with E-state index < -0.39 is 0 Å². The summed E-state index contributed by atoms with van der Waals surface area (Å²) >= 11 is 0. The average Bonchev–Trinajstić information content (AvgIpc) is 3.03. The van der Waals surface area contributed by atoms with Crippen LogP contribution in [0.3, 0.4) is 0 Å². The zero-order valence-corrected chi connectivity index (χ0v) is 11.0. The van der Waals surface area contributed by atoms with Crippen molar-refractivity contribution in [3.63, 3.8) is 0 Å². The minimum atomic E-state index is -0.189. The number of nitrogens with one attached hydrogen (secondary N) is 3. The molecule has 0 spiro atoms. The van der Waals surface area contributed by atoms with Crippen LogP contribution in [0.2, 0.25) is 0 Å². The van der Waals surface area contributed by atoms with Gasteiger partial charge in [-0.05, 0) is 24.1 Å². The lowest BCUT2D eigenvalue weighted by Crippen LogP contribution is -2.39. The third-order valence-corrected chi connectivity index (χ3v) is 3.27. The van der Waals surface area contributed by atoms with Gasteiger partial charge < -0.3 is 5.32 Å². The van der Waals surface area contributed by atoms with Crippen LogP contribution in [-0.4, -0.2) is 23.5 Å². The van der Waals surface area contributed by atoms with E-state index in [0.29, 0.717) is 5.82 Å². The van der Waals surface area contributed by atoms with Crippen molar-refractivity contribution >= 4 is 11.7 Å². The Morgan fingerprint density at radius 1 is 1.15 bits per heavy atom. The normalized spacial score (nSPS) is 17.9. The molecule has 3 rings (SSSR count). The predicted molar refractivity (Wildman–Crippen MR) is 77.8 cm³/mol. The topological polar surface area (TPSA) is 66.0 Å². The Bertz CT molecular complexity index is 577. The largest absolute Gasteiger partial charge is 0.309 e. The summed E-state index contributed by atoms with van der Waals surface area (Å²) in [6.45, 7) is 0.804. The summed E-state index contributed by atoms with van der Waals surface area (Å²) in [4.78, 5) is 16.2. The maximum Gasteiger partial charge on any atom is 0.244 e. The Morgan fingerprint density at radius 2 is 2.00 bits per heavy atom. The van der Waals surface area contributed by atoms with Gasteiger partial charge in [-0.25, -0.2) is 10.4 Å². The number of pyridine rings is 1. The van der Waals surface area contributed by atoms with Crippen LogP contribution in [0.1, 0.15) is 6.42 Å². The van der Waals surface area contributed by atoms with Crippen molar-refractivity contribution in [3.05, 3.63) is 48.7 Å². The molecule has 3 N–H and O–H groups in total. The first-order valence-corrected chi connectivity index (χ1v) is 6.64. The van der Waals surface area contributed by atoms with E-state index in [1.54, 1.807) is 6.20 Å². The molecule has 1 unspecified atom stereocenters. The number of hydrazine groups is 1. The van der Waals surface area contributed by atoms with E-state index in [0.717, 1.165) is 24.1 Å². The highest BCUT2D eigenvalue weighted by Crippen LogP contribution is 2.19. The van der Waals surface area contributed by atoms with Gasteiger partial charge in [0.15, 0.2) is 0 Å². The van der Waals surface area contributed by atoms with Gasteiger partial charge in [0.1, 0.15) is 11.9 Å². The van der Waals surface area contributed by atoms with Crippen LogP contribution >= 0.6 is 0 Å². The molecule has 0 bridgehead atoms. The maximum atomic E-state index is 11.9. The Labute approximate surface area is 117 Å². The van der Waals surface area contributed by atoms with Gasteiger partial charge in [-0.15, -0.1) is 0 Å².